The van der Waals surface area contributed by atoms with Crippen molar-refractivity contribution in [1.29, 1.82) is 0 Å². The number of aryl methyl sites for hydroxylation is 2. The van der Waals surface area contributed by atoms with Gasteiger partial charge >= 0.3 is 0 Å². The van der Waals surface area contributed by atoms with Gasteiger partial charge < -0.3 is 5.73 Å². The van der Waals surface area contributed by atoms with E-state index in [1.165, 1.54) is 5.56 Å². The van der Waals surface area contributed by atoms with Gasteiger partial charge in [-0.1, -0.05) is 55.6 Å². The Balaban J connectivity index is 2.46. The van der Waals surface area contributed by atoms with E-state index >= 15 is 0 Å². The molecule has 0 saturated carbocycles. The second kappa shape index (κ2) is 5.96. The molecule has 1 atom stereocenters. The van der Waals surface area contributed by atoms with E-state index in [-0.39, 0.29) is 6.04 Å². The van der Waals surface area contributed by atoms with Crippen LogP contribution in [-0.2, 0) is 0 Å². The first-order valence-electron chi connectivity index (χ1n) is 5.87. The standard InChI is InChI=1S/C15H14Br2ClN/c1-8-3-4-10(6-14(8)18)15(19)11-7-12(16)9(2)5-13(11)17/h3-7,15H,19H2,1-2H3. The first-order chi connectivity index (χ1) is 8.90. The first-order valence-corrected chi connectivity index (χ1v) is 7.83. The van der Waals surface area contributed by atoms with Gasteiger partial charge in [-0.2, -0.15) is 0 Å². The summed E-state index contributed by atoms with van der Waals surface area (Å²) in [4.78, 5) is 0. The van der Waals surface area contributed by atoms with Crippen LogP contribution in [0.5, 0.6) is 0 Å². The summed E-state index contributed by atoms with van der Waals surface area (Å²) in [5.74, 6) is 0. The van der Waals surface area contributed by atoms with Gasteiger partial charge in [0.1, 0.15) is 0 Å². The molecule has 2 N–H and O–H groups in total. The van der Waals surface area contributed by atoms with Crippen molar-refractivity contribution in [2.24, 2.45) is 5.73 Å². The van der Waals surface area contributed by atoms with Crippen LogP contribution in [0.2, 0.25) is 5.02 Å². The van der Waals surface area contributed by atoms with Gasteiger partial charge in [0.15, 0.2) is 0 Å². The van der Waals surface area contributed by atoms with Crippen LogP contribution in [-0.4, -0.2) is 0 Å². The topological polar surface area (TPSA) is 26.0 Å². The smallest absolute Gasteiger partial charge is 0.0563 e. The minimum atomic E-state index is -0.204. The summed E-state index contributed by atoms with van der Waals surface area (Å²) in [6.07, 6.45) is 0. The Labute approximate surface area is 135 Å². The molecule has 2 aromatic rings. The maximum Gasteiger partial charge on any atom is 0.0563 e. The number of rotatable bonds is 2. The molecule has 0 spiro atoms. The van der Waals surface area contributed by atoms with Crippen molar-refractivity contribution in [2.75, 3.05) is 0 Å². The van der Waals surface area contributed by atoms with Crippen LogP contribution in [0.3, 0.4) is 0 Å². The van der Waals surface area contributed by atoms with Crippen molar-refractivity contribution < 1.29 is 0 Å². The van der Waals surface area contributed by atoms with Gasteiger partial charge in [-0.25, -0.2) is 0 Å². The van der Waals surface area contributed by atoms with Gasteiger partial charge in [-0.3, -0.25) is 0 Å². The molecule has 2 rings (SSSR count). The molecule has 19 heavy (non-hydrogen) atoms. The van der Waals surface area contributed by atoms with Gasteiger partial charge in [0, 0.05) is 14.0 Å². The Morgan fingerprint density at radius 2 is 1.68 bits per heavy atom. The molecule has 0 aliphatic carbocycles. The van der Waals surface area contributed by atoms with Crippen molar-refractivity contribution in [3.63, 3.8) is 0 Å². The molecule has 0 amide bonds. The summed E-state index contributed by atoms with van der Waals surface area (Å²) in [7, 11) is 0. The lowest BCUT2D eigenvalue weighted by Crippen LogP contribution is -2.13. The van der Waals surface area contributed by atoms with Crippen molar-refractivity contribution in [2.45, 2.75) is 19.9 Å². The number of hydrogen-bond acceptors (Lipinski definition) is 1. The summed E-state index contributed by atoms with van der Waals surface area (Å²) in [5.41, 5.74) is 10.6. The van der Waals surface area contributed by atoms with E-state index < -0.39 is 0 Å². The van der Waals surface area contributed by atoms with Gasteiger partial charge in [-0.05, 0) is 54.3 Å². The van der Waals surface area contributed by atoms with Crippen LogP contribution in [0.25, 0.3) is 0 Å². The van der Waals surface area contributed by atoms with E-state index in [0.717, 1.165) is 30.7 Å². The Bertz CT molecular complexity index is 626. The quantitative estimate of drug-likeness (QED) is 0.701. The van der Waals surface area contributed by atoms with Crippen LogP contribution in [0, 0.1) is 13.8 Å². The minimum Gasteiger partial charge on any atom is -0.320 e. The van der Waals surface area contributed by atoms with Gasteiger partial charge in [0.25, 0.3) is 0 Å². The van der Waals surface area contributed by atoms with Gasteiger partial charge in [0.05, 0.1) is 6.04 Å². The normalized spacial score (nSPS) is 12.5. The number of nitrogens with two attached hydrogens (primary N) is 1. The highest BCUT2D eigenvalue weighted by molar-refractivity contribution is 9.11. The fourth-order valence-electron chi connectivity index (χ4n) is 1.88. The molecular formula is C15H14Br2ClN. The second-order valence-electron chi connectivity index (χ2n) is 4.61. The molecule has 0 fully saturated rings. The summed E-state index contributed by atoms with van der Waals surface area (Å²) in [6.45, 7) is 4.03. The predicted molar refractivity (Wildman–Crippen MR) is 88.8 cm³/mol. The zero-order valence-corrected chi connectivity index (χ0v) is 14.6. The average Bonchev–Trinajstić information content (AvgIpc) is 2.36. The van der Waals surface area contributed by atoms with Crippen LogP contribution < -0.4 is 5.73 Å². The third-order valence-corrected chi connectivity index (χ3v) is 5.12. The third-order valence-electron chi connectivity index (χ3n) is 3.17. The second-order valence-corrected chi connectivity index (χ2v) is 6.73. The number of halogens is 3. The molecule has 0 aliphatic rings. The Morgan fingerprint density at radius 1 is 1.00 bits per heavy atom. The molecule has 0 saturated heterocycles. The molecule has 0 aromatic heterocycles. The molecule has 1 unspecified atom stereocenters. The van der Waals surface area contributed by atoms with E-state index in [4.69, 9.17) is 17.3 Å². The summed E-state index contributed by atoms with van der Waals surface area (Å²) in [5, 5.41) is 0.746. The van der Waals surface area contributed by atoms with Crippen LogP contribution in [0.4, 0.5) is 0 Å². The fraction of sp³-hybridized carbons (Fsp3) is 0.200. The van der Waals surface area contributed by atoms with E-state index in [9.17, 15) is 0 Å². The number of benzene rings is 2. The molecule has 4 heteroatoms. The number of hydrogen-bond donors (Lipinski definition) is 1. The lowest BCUT2D eigenvalue weighted by Gasteiger charge is -2.16. The molecule has 100 valence electrons. The lowest BCUT2D eigenvalue weighted by molar-refractivity contribution is 0.863. The van der Waals surface area contributed by atoms with Crippen LogP contribution in [0.1, 0.15) is 28.3 Å². The van der Waals surface area contributed by atoms with Gasteiger partial charge in [0.2, 0.25) is 0 Å². The monoisotopic (exact) mass is 401 g/mol. The van der Waals surface area contributed by atoms with Crippen LogP contribution in [0.15, 0.2) is 39.3 Å². The summed E-state index contributed by atoms with van der Waals surface area (Å²) in [6, 6.07) is 9.86. The van der Waals surface area contributed by atoms with E-state index in [1.54, 1.807) is 0 Å². The summed E-state index contributed by atoms with van der Waals surface area (Å²) < 4.78 is 2.07. The lowest BCUT2D eigenvalue weighted by atomic mass is 9.98. The fourth-order valence-corrected chi connectivity index (χ4v) is 3.14. The Hall–Kier alpha value is -0.350. The molecule has 0 radical (unpaired) electrons. The zero-order valence-electron chi connectivity index (χ0n) is 10.7. The largest absolute Gasteiger partial charge is 0.320 e. The van der Waals surface area contributed by atoms with Crippen molar-refractivity contribution in [3.05, 3.63) is 66.6 Å². The van der Waals surface area contributed by atoms with Crippen molar-refractivity contribution in [3.8, 4) is 0 Å². The Kier molecular flexibility index (Phi) is 4.72. The maximum absolute atomic E-state index is 6.35. The molecule has 0 heterocycles. The van der Waals surface area contributed by atoms with Crippen molar-refractivity contribution in [1.82, 2.24) is 0 Å². The first kappa shape index (κ1) is 15.0. The van der Waals surface area contributed by atoms with Crippen LogP contribution >= 0.6 is 43.5 Å². The Morgan fingerprint density at radius 3 is 2.32 bits per heavy atom. The van der Waals surface area contributed by atoms with E-state index in [0.29, 0.717) is 0 Å². The maximum atomic E-state index is 6.35. The van der Waals surface area contributed by atoms with Crippen molar-refractivity contribution >= 4 is 43.5 Å². The zero-order chi connectivity index (χ0) is 14.2. The predicted octanol–water partition coefficient (Wildman–Crippen LogP) is 5.53. The molecular weight excluding hydrogens is 389 g/mol. The SMILES string of the molecule is Cc1ccc(C(N)c2cc(Br)c(C)cc2Br)cc1Cl. The molecule has 0 bridgehead atoms. The molecule has 2 aromatic carbocycles. The van der Waals surface area contributed by atoms with E-state index in [2.05, 4.69) is 44.0 Å². The highest BCUT2D eigenvalue weighted by Crippen LogP contribution is 2.32. The minimum absolute atomic E-state index is 0.204. The highest BCUT2D eigenvalue weighted by Gasteiger charge is 2.14. The average molecular weight is 404 g/mol. The molecule has 0 aliphatic heterocycles. The third kappa shape index (κ3) is 3.22. The van der Waals surface area contributed by atoms with E-state index in [1.807, 2.05) is 32.0 Å². The molecule has 1 nitrogen and oxygen atoms in total. The van der Waals surface area contributed by atoms with Gasteiger partial charge in [-0.15, -0.1) is 0 Å². The summed E-state index contributed by atoms with van der Waals surface area (Å²) >= 11 is 13.3. The highest BCUT2D eigenvalue weighted by atomic mass is 79.9.